The second kappa shape index (κ2) is 7.49. The Morgan fingerprint density at radius 3 is 1.81 bits per heavy atom. The number of aliphatic hydroxyl groups is 2. The number of hydrogen-bond acceptors (Lipinski definition) is 2. The van der Waals surface area contributed by atoms with E-state index in [0.717, 1.165) is 0 Å². The highest BCUT2D eigenvalue weighted by Gasteiger charge is 2.19. The first-order valence-corrected chi connectivity index (χ1v) is 5.60. The zero-order chi connectivity index (χ0) is 13.4. The van der Waals surface area contributed by atoms with Gasteiger partial charge in [-0.2, -0.15) is 0 Å². The van der Waals surface area contributed by atoms with E-state index in [9.17, 15) is 10.2 Å². The van der Waals surface area contributed by atoms with Crippen LogP contribution in [-0.4, -0.2) is 21.4 Å². The molecule has 0 rings (SSSR count). The van der Waals surface area contributed by atoms with Crippen molar-refractivity contribution in [2.75, 3.05) is 0 Å². The molecule has 1 atom stereocenters. The van der Waals surface area contributed by atoms with Gasteiger partial charge in [0.25, 0.3) is 0 Å². The Kier molecular flexibility index (Phi) is 8.24. The summed E-state index contributed by atoms with van der Waals surface area (Å²) in [7, 11) is 0. The molecule has 0 heterocycles. The molecule has 2 heteroatoms. The quantitative estimate of drug-likeness (QED) is 0.561. The lowest BCUT2D eigenvalue weighted by molar-refractivity contribution is 0.0947. The third-order valence-corrected chi connectivity index (χ3v) is 1.44. The summed E-state index contributed by atoms with van der Waals surface area (Å²) in [6, 6.07) is 0. The molecule has 0 aromatic heterocycles. The van der Waals surface area contributed by atoms with Crippen molar-refractivity contribution in [1.82, 2.24) is 0 Å². The Morgan fingerprint density at radius 1 is 1.19 bits per heavy atom. The first-order chi connectivity index (χ1) is 7.04. The second-order valence-electron chi connectivity index (χ2n) is 5.09. The topological polar surface area (TPSA) is 40.5 Å². The van der Waals surface area contributed by atoms with E-state index in [2.05, 4.69) is 18.4 Å². The molecule has 0 aromatic rings. The minimum Gasteiger partial charge on any atom is -0.378 e. The molecule has 1 unspecified atom stereocenters. The number of allylic oxidation sites excluding steroid dienone is 1. The lowest BCUT2D eigenvalue weighted by atomic mass is 9.94. The Hall–Kier alpha value is -0.780. The SMILES string of the molecule is C=CC.CC(C)CC(C)(O)C#CC(C)(C)O. The van der Waals surface area contributed by atoms with Crippen molar-refractivity contribution >= 4 is 0 Å². The van der Waals surface area contributed by atoms with Crippen molar-refractivity contribution in [2.45, 2.75) is 59.2 Å². The van der Waals surface area contributed by atoms with Gasteiger partial charge >= 0.3 is 0 Å². The minimum absolute atomic E-state index is 0.395. The summed E-state index contributed by atoms with van der Waals surface area (Å²) in [5.41, 5.74) is -2.02. The predicted octanol–water partition coefficient (Wildman–Crippen LogP) is 2.75. The zero-order valence-corrected chi connectivity index (χ0v) is 11.5. The lowest BCUT2D eigenvalue weighted by Crippen LogP contribution is -2.25. The maximum Gasteiger partial charge on any atom is 0.123 e. The maximum atomic E-state index is 9.76. The van der Waals surface area contributed by atoms with Gasteiger partial charge in [0.2, 0.25) is 0 Å². The molecule has 0 aliphatic carbocycles. The van der Waals surface area contributed by atoms with Gasteiger partial charge in [0, 0.05) is 0 Å². The van der Waals surface area contributed by atoms with Crippen LogP contribution in [0.5, 0.6) is 0 Å². The second-order valence-corrected chi connectivity index (χ2v) is 5.09. The third kappa shape index (κ3) is 15.7. The van der Waals surface area contributed by atoms with Gasteiger partial charge < -0.3 is 10.2 Å². The van der Waals surface area contributed by atoms with Crippen molar-refractivity contribution in [2.24, 2.45) is 5.92 Å². The summed E-state index contributed by atoms with van der Waals surface area (Å²) >= 11 is 0. The largest absolute Gasteiger partial charge is 0.378 e. The maximum absolute atomic E-state index is 9.76. The van der Waals surface area contributed by atoms with E-state index in [4.69, 9.17) is 0 Å². The summed E-state index contributed by atoms with van der Waals surface area (Å²) < 4.78 is 0. The van der Waals surface area contributed by atoms with Gasteiger partial charge in [0.05, 0.1) is 0 Å². The van der Waals surface area contributed by atoms with Crippen LogP contribution >= 0.6 is 0 Å². The highest BCUT2D eigenvalue weighted by atomic mass is 16.3. The average Bonchev–Trinajstić information content (AvgIpc) is 1.99. The molecular weight excluding hydrogens is 200 g/mol. The van der Waals surface area contributed by atoms with Crippen LogP contribution in [0.3, 0.4) is 0 Å². The van der Waals surface area contributed by atoms with Crippen molar-refractivity contribution in [3.63, 3.8) is 0 Å². The highest BCUT2D eigenvalue weighted by Crippen LogP contribution is 2.15. The zero-order valence-electron chi connectivity index (χ0n) is 11.5. The van der Waals surface area contributed by atoms with Crippen LogP contribution < -0.4 is 0 Å². The molecule has 0 aliphatic rings. The first kappa shape index (κ1) is 17.6. The molecule has 0 saturated heterocycles. The molecule has 0 spiro atoms. The smallest absolute Gasteiger partial charge is 0.123 e. The van der Waals surface area contributed by atoms with E-state index in [1.807, 2.05) is 20.8 Å². The first-order valence-electron chi connectivity index (χ1n) is 5.60. The van der Waals surface area contributed by atoms with E-state index in [0.29, 0.717) is 12.3 Å². The molecule has 0 radical (unpaired) electrons. The van der Waals surface area contributed by atoms with Crippen molar-refractivity contribution in [1.29, 1.82) is 0 Å². The molecule has 0 fully saturated rings. The van der Waals surface area contributed by atoms with Gasteiger partial charge in [-0.3, -0.25) is 0 Å². The van der Waals surface area contributed by atoms with E-state index in [1.54, 1.807) is 26.8 Å². The van der Waals surface area contributed by atoms with Gasteiger partial charge in [-0.15, -0.1) is 6.58 Å². The molecule has 16 heavy (non-hydrogen) atoms. The highest BCUT2D eigenvalue weighted by molar-refractivity contribution is 5.18. The molecular formula is C14H26O2. The van der Waals surface area contributed by atoms with Crippen molar-refractivity contribution in [3.8, 4) is 11.8 Å². The van der Waals surface area contributed by atoms with Crippen molar-refractivity contribution in [3.05, 3.63) is 12.7 Å². The van der Waals surface area contributed by atoms with E-state index < -0.39 is 11.2 Å². The Balaban J connectivity index is 0. The monoisotopic (exact) mass is 226 g/mol. The average molecular weight is 226 g/mol. The molecule has 0 aromatic carbocycles. The number of rotatable bonds is 2. The van der Waals surface area contributed by atoms with Crippen LogP contribution in [0.25, 0.3) is 0 Å². The Bertz CT molecular complexity index is 246. The molecule has 0 aliphatic heterocycles. The van der Waals surface area contributed by atoms with E-state index in [1.165, 1.54) is 0 Å². The van der Waals surface area contributed by atoms with Gasteiger partial charge in [0.1, 0.15) is 11.2 Å². The standard InChI is InChI=1S/C11H20O2.C3H6/c1-9(2)8-11(5,13)7-6-10(3,4)12;1-3-2/h9,12-13H,8H2,1-5H3;3H,1H2,2H3. The molecule has 0 bridgehead atoms. The van der Waals surface area contributed by atoms with Gasteiger partial charge in [-0.25, -0.2) is 0 Å². The van der Waals surface area contributed by atoms with Crippen LogP contribution in [0, 0.1) is 17.8 Å². The van der Waals surface area contributed by atoms with E-state index in [-0.39, 0.29) is 0 Å². The summed E-state index contributed by atoms with van der Waals surface area (Å²) in [6.45, 7) is 14.2. The van der Waals surface area contributed by atoms with Crippen LogP contribution in [-0.2, 0) is 0 Å². The van der Waals surface area contributed by atoms with Crippen LogP contribution in [0.4, 0.5) is 0 Å². The molecule has 94 valence electrons. The summed E-state index contributed by atoms with van der Waals surface area (Å²) in [5, 5.41) is 19.1. The van der Waals surface area contributed by atoms with E-state index >= 15 is 0 Å². The Morgan fingerprint density at radius 2 is 1.56 bits per heavy atom. The fourth-order valence-corrected chi connectivity index (χ4v) is 1.13. The lowest BCUT2D eigenvalue weighted by Gasteiger charge is -2.19. The third-order valence-electron chi connectivity index (χ3n) is 1.44. The molecule has 0 amide bonds. The van der Waals surface area contributed by atoms with Gasteiger partial charge in [-0.05, 0) is 40.0 Å². The molecule has 0 saturated carbocycles. The van der Waals surface area contributed by atoms with Gasteiger partial charge in [-0.1, -0.05) is 31.8 Å². The minimum atomic E-state index is -1.03. The number of hydrogen-bond donors (Lipinski definition) is 2. The van der Waals surface area contributed by atoms with Crippen LogP contribution in [0.2, 0.25) is 0 Å². The van der Waals surface area contributed by atoms with Crippen LogP contribution in [0.1, 0.15) is 48.0 Å². The summed E-state index contributed by atoms with van der Waals surface area (Å²) in [6.07, 6.45) is 2.37. The van der Waals surface area contributed by atoms with Gasteiger partial charge in [0.15, 0.2) is 0 Å². The normalized spacial score (nSPS) is 14.1. The summed E-state index contributed by atoms with van der Waals surface area (Å²) in [5.74, 6) is 5.70. The molecule has 2 nitrogen and oxygen atoms in total. The molecule has 2 N–H and O–H groups in total. The fourth-order valence-electron chi connectivity index (χ4n) is 1.13. The van der Waals surface area contributed by atoms with Crippen molar-refractivity contribution < 1.29 is 10.2 Å². The Labute approximate surface area is 100 Å². The fraction of sp³-hybridized carbons (Fsp3) is 0.714. The van der Waals surface area contributed by atoms with Crippen LogP contribution in [0.15, 0.2) is 12.7 Å². The predicted molar refractivity (Wildman–Crippen MR) is 70.0 cm³/mol. The summed E-state index contributed by atoms with van der Waals surface area (Å²) in [4.78, 5) is 0.